The van der Waals surface area contributed by atoms with Gasteiger partial charge in [0.15, 0.2) is 0 Å². The fraction of sp³-hybridized carbons (Fsp3) is 0.179. The van der Waals surface area contributed by atoms with Crippen LogP contribution in [0.25, 0.3) is 11.1 Å². The first-order valence-electron chi connectivity index (χ1n) is 10.6. The van der Waals surface area contributed by atoms with E-state index < -0.39 is 16.8 Å². The Balaban J connectivity index is 0.000000461. The van der Waals surface area contributed by atoms with Crippen molar-refractivity contribution in [3.05, 3.63) is 120 Å². The number of carbonyl (C=O) groups excluding carboxylic acids is 1. The van der Waals surface area contributed by atoms with E-state index in [1.165, 1.54) is 22.3 Å². The molecule has 0 aliphatic heterocycles. The Morgan fingerprint density at radius 1 is 0.750 bits per heavy atom. The monoisotopic (exact) mass is 477 g/mol. The zero-order valence-electron chi connectivity index (χ0n) is 18.9. The predicted octanol–water partition coefficient (Wildman–Crippen LogP) is 6.04. The van der Waals surface area contributed by atoms with Crippen LogP contribution >= 0.6 is 0 Å². The number of benzene rings is 3. The number of amides is 1. The Morgan fingerprint density at radius 3 is 1.59 bits per heavy atom. The van der Waals surface area contributed by atoms with E-state index in [0.29, 0.717) is 4.22 Å². The molecule has 1 amide bonds. The van der Waals surface area contributed by atoms with Gasteiger partial charge in [-0.25, -0.2) is 0 Å². The molecular weight excluding hydrogens is 442 g/mol. The van der Waals surface area contributed by atoms with Crippen molar-refractivity contribution in [3.63, 3.8) is 0 Å². The number of allylic oxidation sites excluding steroid dienone is 2. The molecule has 1 aliphatic rings. The van der Waals surface area contributed by atoms with Crippen LogP contribution in [0.1, 0.15) is 39.6 Å². The van der Waals surface area contributed by atoms with Crippen LogP contribution in [-0.2, 0) is 16.8 Å². The molecule has 0 heterocycles. The SMILES string of the molecule is C=C(C)C(=C)C.[CH3][Ti]([CH3])([NH]C(=O)c1ccccc1)[CH]1c2ccccc2-c2ccccc21.[SiH4]. The van der Waals surface area contributed by atoms with Crippen LogP contribution in [0.15, 0.2) is 103 Å². The summed E-state index contributed by atoms with van der Waals surface area (Å²) in [6.07, 6.45) is 0. The molecule has 32 heavy (non-hydrogen) atoms. The van der Waals surface area contributed by atoms with E-state index in [1.54, 1.807) is 0 Å². The minimum absolute atomic E-state index is 0. The third kappa shape index (κ3) is 5.66. The van der Waals surface area contributed by atoms with Gasteiger partial charge in [0, 0.05) is 0 Å². The zero-order valence-corrected chi connectivity index (χ0v) is 20.5. The minimum Gasteiger partial charge on any atom is -0.0149 e. The molecule has 0 bridgehead atoms. The van der Waals surface area contributed by atoms with E-state index in [-0.39, 0.29) is 16.9 Å². The van der Waals surface area contributed by atoms with Gasteiger partial charge >= 0.3 is 153 Å². The predicted molar refractivity (Wildman–Crippen MR) is 140 cm³/mol. The van der Waals surface area contributed by atoms with Gasteiger partial charge in [-0.2, -0.15) is 0 Å². The second-order valence-corrected chi connectivity index (χ2v) is 15.4. The van der Waals surface area contributed by atoms with E-state index >= 15 is 0 Å². The number of carbonyl (C=O) groups is 1. The molecule has 3 aromatic rings. The van der Waals surface area contributed by atoms with Crippen molar-refractivity contribution >= 4 is 16.9 Å². The molecule has 166 valence electrons. The molecule has 4 heteroatoms. The van der Waals surface area contributed by atoms with Crippen molar-refractivity contribution in [2.45, 2.75) is 28.5 Å². The van der Waals surface area contributed by atoms with Crippen LogP contribution in [0, 0.1) is 0 Å². The smallest absolute Gasteiger partial charge is 0.0149 e. The summed E-state index contributed by atoms with van der Waals surface area (Å²) in [5.74, 6) is 0.0486. The molecule has 0 aromatic heterocycles. The molecule has 1 aliphatic carbocycles. The number of nitrogens with one attached hydrogen (secondary N) is 1. The summed E-state index contributed by atoms with van der Waals surface area (Å²) in [7, 11) is 0. The van der Waals surface area contributed by atoms with Crippen LogP contribution in [0.5, 0.6) is 0 Å². The largest absolute Gasteiger partial charge is 0.0149 e. The van der Waals surface area contributed by atoms with Crippen molar-refractivity contribution in [3.8, 4) is 11.1 Å². The summed E-state index contributed by atoms with van der Waals surface area (Å²) in [4.78, 5) is 12.8. The third-order valence-electron chi connectivity index (χ3n) is 5.76. The topological polar surface area (TPSA) is 29.1 Å². The van der Waals surface area contributed by atoms with Crippen molar-refractivity contribution in [1.82, 2.24) is 3.80 Å². The molecule has 1 N–H and O–H groups in total. The van der Waals surface area contributed by atoms with Crippen molar-refractivity contribution in [2.24, 2.45) is 0 Å². The van der Waals surface area contributed by atoms with Gasteiger partial charge in [0.1, 0.15) is 0 Å². The maximum absolute atomic E-state index is 12.8. The van der Waals surface area contributed by atoms with Gasteiger partial charge in [-0.05, 0) is 24.8 Å². The van der Waals surface area contributed by atoms with Crippen LogP contribution in [-0.4, -0.2) is 16.9 Å². The molecular formula is C28H35NOSiTi. The molecule has 2 nitrogen and oxygen atoms in total. The number of hydrogen-bond donors (Lipinski definition) is 1. The van der Waals surface area contributed by atoms with Gasteiger partial charge in [0.05, 0.1) is 0 Å². The molecule has 0 unspecified atom stereocenters. The maximum Gasteiger partial charge on any atom is -0.0149 e. The summed E-state index contributed by atoms with van der Waals surface area (Å²) in [5.41, 5.74) is 8.22. The molecule has 3 aromatic carbocycles. The summed E-state index contributed by atoms with van der Waals surface area (Å²) < 4.78 is 3.76. The van der Waals surface area contributed by atoms with Gasteiger partial charge < -0.3 is 0 Å². The van der Waals surface area contributed by atoms with Gasteiger partial charge in [-0.3, -0.25) is 0 Å². The first-order chi connectivity index (χ1) is 14.7. The van der Waals surface area contributed by atoms with Gasteiger partial charge in [-0.1, -0.05) is 24.3 Å². The second-order valence-electron chi connectivity index (χ2n) is 8.71. The molecule has 0 atom stereocenters. The summed E-state index contributed by atoms with van der Waals surface area (Å²) in [5, 5.41) is 4.59. The maximum atomic E-state index is 12.8. The van der Waals surface area contributed by atoms with Crippen molar-refractivity contribution in [1.29, 1.82) is 0 Å². The zero-order chi connectivity index (χ0) is 22.6. The fourth-order valence-corrected chi connectivity index (χ4v) is 8.54. The van der Waals surface area contributed by atoms with E-state index in [4.69, 9.17) is 0 Å². The first-order valence-corrected chi connectivity index (χ1v) is 15.4. The Hall–Kier alpha value is -2.46. The summed E-state index contributed by atoms with van der Waals surface area (Å²) >= 11 is -2.72. The summed E-state index contributed by atoms with van der Waals surface area (Å²) in [6, 6.07) is 26.8. The van der Waals surface area contributed by atoms with Crippen molar-refractivity contribution in [2.75, 3.05) is 0 Å². The van der Waals surface area contributed by atoms with E-state index in [1.807, 2.05) is 44.2 Å². The Labute approximate surface area is 201 Å². The quantitative estimate of drug-likeness (QED) is 0.360. The first kappa shape index (κ1) is 25.8. The molecule has 0 spiro atoms. The molecule has 0 saturated heterocycles. The Bertz CT molecular complexity index is 1060. The molecule has 0 fully saturated rings. The molecule has 0 saturated carbocycles. The summed E-state index contributed by atoms with van der Waals surface area (Å²) in [6.45, 7) is 11.2. The van der Waals surface area contributed by atoms with Crippen LogP contribution in [0.2, 0.25) is 10.5 Å². The van der Waals surface area contributed by atoms with E-state index in [0.717, 1.165) is 16.7 Å². The van der Waals surface area contributed by atoms with Crippen LogP contribution in [0.4, 0.5) is 0 Å². The third-order valence-corrected chi connectivity index (χ3v) is 10.3. The van der Waals surface area contributed by atoms with Crippen molar-refractivity contribution < 1.29 is 21.6 Å². The normalized spacial score (nSPS) is 11.8. The van der Waals surface area contributed by atoms with Gasteiger partial charge in [-0.15, -0.1) is 0 Å². The molecule has 4 rings (SSSR count). The minimum atomic E-state index is -2.72. The molecule has 0 radical (unpaired) electrons. The van der Waals surface area contributed by atoms with Crippen LogP contribution in [0.3, 0.4) is 0 Å². The fourth-order valence-electron chi connectivity index (χ4n) is 3.96. The Kier molecular flexibility index (Phi) is 8.80. The van der Waals surface area contributed by atoms with E-state index in [2.05, 4.69) is 75.9 Å². The number of fused-ring (bicyclic) bond motifs is 3. The Morgan fingerprint density at radius 2 is 1.16 bits per heavy atom. The average molecular weight is 478 g/mol. The van der Waals surface area contributed by atoms with Gasteiger partial charge in [0.2, 0.25) is 0 Å². The van der Waals surface area contributed by atoms with E-state index in [9.17, 15) is 4.79 Å². The standard InChI is InChI=1S/C13H9.C7H7NO.C6H10.2CH3.H4Si.Ti/c1-3-7-12-10(5-1)9-11-6-2-4-8-13(11)12;8-7(9)6-4-2-1-3-5-6;1-5(2)6(3)4;;;;/h1-9H;1-5H,(H2,8,9);1,3H2,2,4H3;2*1H3;1H4;/q;;;;;;+1/p-1. The van der Waals surface area contributed by atoms with Gasteiger partial charge in [0.25, 0.3) is 0 Å². The second kappa shape index (κ2) is 10.9. The number of rotatable bonds is 4. The average Bonchev–Trinajstić information content (AvgIpc) is 3.10. The van der Waals surface area contributed by atoms with Crippen LogP contribution < -0.4 is 3.80 Å². The number of hydrogen-bond acceptors (Lipinski definition) is 1.